The molecular formula is C13H11BrN2OS. The molecule has 0 unspecified atom stereocenters. The zero-order valence-electron chi connectivity index (χ0n) is 9.51. The fraction of sp³-hybridized carbons (Fsp3) is 0.154. The smallest absolute Gasteiger partial charge is 0.136 e. The van der Waals surface area contributed by atoms with Crippen LogP contribution in [0.25, 0.3) is 11.0 Å². The first-order chi connectivity index (χ1) is 8.78. The number of nitrogens with zero attached hydrogens (tertiary/aromatic N) is 2. The standard InChI is InChI=1S/C13H11BrN2OS/c14-12-5-9(8-18-12)6-16-11-4-2-1-3-10(11)15-13(16)7-17/h1-5,8,17H,6-7H2. The van der Waals surface area contributed by atoms with Crippen LogP contribution in [0.5, 0.6) is 0 Å². The molecule has 0 radical (unpaired) electrons. The van der Waals surface area contributed by atoms with Gasteiger partial charge in [0.2, 0.25) is 0 Å². The second-order valence-corrected chi connectivity index (χ2v) is 6.31. The number of benzene rings is 1. The van der Waals surface area contributed by atoms with Crippen molar-refractivity contribution in [3.05, 3.63) is 50.9 Å². The molecule has 0 aliphatic carbocycles. The molecule has 1 N–H and O–H groups in total. The predicted octanol–water partition coefficient (Wildman–Crippen LogP) is 3.40. The highest BCUT2D eigenvalue weighted by atomic mass is 79.9. The molecule has 0 saturated carbocycles. The summed E-state index contributed by atoms with van der Waals surface area (Å²) in [7, 11) is 0. The lowest BCUT2D eigenvalue weighted by Gasteiger charge is -2.06. The summed E-state index contributed by atoms with van der Waals surface area (Å²) in [4.78, 5) is 4.44. The van der Waals surface area contributed by atoms with Gasteiger partial charge in [0, 0.05) is 0 Å². The van der Waals surface area contributed by atoms with Crippen molar-refractivity contribution >= 4 is 38.3 Å². The number of halogens is 1. The molecule has 0 amide bonds. The van der Waals surface area contributed by atoms with E-state index in [1.165, 1.54) is 5.56 Å². The molecule has 0 saturated heterocycles. The fourth-order valence-corrected chi connectivity index (χ4v) is 3.23. The Kier molecular flexibility index (Phi) is 3.20. The minimum Gasteiger partial charge on any atom is -0.388 e. The van der Waals surface area contributed by atoms with Crippen molar-refractivity contribution in [3.8, 4) is 0 Å². The Morgan fingerprint density at radius 3 is 2.89 bits per heavy atom. The predicted molar refractivity (Wildman–Crippen MR) is 76.8 cm³/mol. The first-order valence-corrected chi connectivity index (χ1v) is 7.23. The highest BCUT2D eigenvalue weighted by Gasteiger charge is 2.10. The Balaban J connectivity index is 2.09. The summed E-state index contributed by atoms with van der Waals surface area (Å²) in [5.74, 6) is 0.707. The molecule has 3 rings (SSSR count). The molecule has 3 aromatic rings. The van der Waals surface area contributed by atoms with Crippen LogP contribution in [0.1, 0.15) is 11.4 Å². The summed E-state index contributed by atoms with van der Waals surface area (Å²) in [6.45, 7) is 0.693. The monoisotopic (exact) mass is 322 g/mol. The van der Waals surface area contributed by atoms with Gasteiger partial charge in [-0.1, -0.05) is 12.1 Å². The van der Waals surface area contributed by atoms with E-state index in [0.717, 1.165) is 21.4 Å². The van der Waals surface area contributed by atoms with Gasteiger partial charge >= 0.3 is 0 Å². The third-order valence-corrected chi connectivity index (χ3v) is 4.39. The van der Waals surface area contributed by atoms with Crippen molar-refractivity contribution in [2.75, 3.05) is 0 Å². The third kappa shape index (κ3) is 2.09. The Hall–Kier alpha value is -1.17. The number of para-hydroxylation sites is 2. The van der Waals surface area contributed by atoms with Crippen molar-refractivity contribution in [3.63, 3.8) is 0 Å². The normalized spacial score (nSPS) is 11.2. The van der Waals surface area contributed by atoms with E-state index in [2.05, 4.69) is 36.9 Å². The minimum atomic E-state index is -0.0417. The van der Waals surface area contributed by atoms with Crippen molar-refractivity contribution in [1.29, 1.82) is 0 Å². The first-order valence-electron chi connectivity index (χ1n) is 5.56. The van der Waals surface area contributed by atoms with Gasteiger partial charge in [0.25, 0.3) is 0 Å². The van der Waals surface area contributed by atoms with Crippen molar-refractivity contribution in [2.24, 2.45) is 0 Å². The molecule has 3 nitrogen and oxygen atoms in total. The average molecular weight is 323 g/mol. The van der Waals surface area contributed by atoms with E-state index < -0.39 is 0 Å². The Morgan fingerprint density at radius 2 is 2.17 bits per heavy atom. The average Bonchev–Trinajstić information content (AvgIpc) is 2.94. The maximum Gasteiger partial charge on any atom is 0.136 e. The summed E-state index contributed by atoms with van der Waals surface area (Å²) >= 11 is 5.13. The number of aliphatic hydroxyl groups excluding tert-OH is 1. The highest BCUT2D eigenvalue weighted by Crippen LogP contribution is 2.23. The zero-order chi connectivity index (χ0) is 12.5. The summed E-state index contributed by atoms with van der Waals surface area (Å²) in [6.07, 6.45) is 0. The Morgan fingerprint density at radius 1 is 1.33 bits per heavy atom. The summed E-state index contributed by atoms with van der Waals surface area (Å²) in [5, 5.41) is 11.5. The lowest BCUT2D eigenvalue weighted by atomic mass is 10.3. The number of aromatic nitrogens is 2. The second kappa shape index (κ2) is 4.84. The van der Waals surface area contributed by atoms with E-state index in [9.17, 15) is 5.11 Å². The van der Waals surface area contributed by atoms with Gasteiger partial charge in [-0.2, -0.15) is 0 Å². The SMILES string of the molecule is OCc1nc2ccccc2n1Cc1csc(Br)c1. The maximum atomic E-state index is 9.41. The third-order valence-electron chi connectivity index (χ3n) is 2.84. The van der Waals surface area contributed by atoms with Crippen LogP contribution < -0.4 is 0 Å². The van der Waals surface area contributed by atoms with Gasteiger partial charge in [0.05, 0.1) is 21.4 Å². The van der Waals surface area contributed by atoms with E-state index >= 15 is 0 Å². The quantitative estimate of drug-likeness (QED) is 0.802. The van der Waals surface area contributed by atoms with Gasteiger partial charge in [0.15, 0.2) is 0 Å². The van der Waals surface area contributed by atoms with Crippen LogP contribution in [-0.2, 0) is 13.2 Å². The maximum absolute atomic E-state index is 9.41. The molecule has 0 aliphatic rings. The molecule has 0 atom stereocenters. The Labute approximate surface area is 117 Å². The van der Waals surface area contributed by atoms with Gasteiger partial charge in [-0.15, -0.1) is 11.3 Å². The second-order valence-electron chi connectivity index (χ2n) is 4.02. The first kappa shape index (κ1) is 11.9. The molecular weight excluding hydrogens is 312 g/mol. The molecule has 0 aliphatic heterocycles. The number of thiophene rings is 1. The molecule has 18 heavy (non-hydrogen) atoms. The molecule has 1 aromatic carbocycles. The van der Waals surface area contributed by atoms with Gasteiger partial charge in [0.1, 0.15) is 12.4 Å². The molecule has 92 valence electrons. The molecule has 2 aromatic heterocycles. The van der Waals surface area contributed by atoms with Gasteiger partial charge in [-0.3, -0.25) is 0 Å². The Bertz CT molecular complexity index is 689. The number of hydrogen-bond donors (Lipinski definition) is 1. The van der Waals surface area contributed by atoms with Crippen molar-refractivity contribution in [1.82, 2.24) is 9.55 Å². The van der Waals surface area contributed by atoms with Crippen molar-refractivity contribution < 1.29 is 5.11 Å². The van der Waals surface area contributed by atoms with Crippen LogP contribution in [-0.4, -0.2) is 14.7 Å². The topological polar surface area (TPSA) is 38.1 Å². The number of hydrogen-bond acceptors (Lipinski definition) is 3. The minimum absolute atomic E-state index is 0.0417. The summed E-state index contributed by atoms with van der Waals surface area (Å²) in [5.41, 5.74) is 3.20. The summed E-state index contributed by atoms with van der Waals surface area (Å²) < 4.78 is 3.18. The van der Waals surface area contributed by atoms with E-state index in [-0.39, 0.29) is 6.61 Å². The van der Waals surface area contributed by atoms with E-state index in [1.807, 2.05) is 24.3 Å². The van der Waals surface area contributed by atoms with Crippen LogP contribution in [0, 0.1) is 0 Å². The van der Waals surface area contributed by atoms with E-state index in [1.54, 1.807) is 11.3 Å². The van der Waals surface area contributed by atoms with E-state index in [4.69, 9.17) is 0 Å². The number of aliphatic hydroxyl groups is 1. The van der Waals surface area contributed by atoms with Crippen LogP contribution in [0.3, 0.4) is 0 Å². The molecule has 5 heteroatoms. The van der Waals surface area contributed by atoms with Crippen LogP contribution in [0.4, 0.5) is 0 Å². The molecule has 0 bridgehead atoms. The van der Waals surface area contributed by atoms with Crippen LogP contribution in [0.2, 0.25) is 0 Å². The number of fused-ring (bicyclic) bond motifs is 1. The van der Waals surface area contributed by atoms with Crippen molar-refractivity contribution in [2.45, 2.75) is 13.2 Å². The number of imidazole rings is 1. The lowest BCUT2D eigenvalue weighted by Crippen LogP contribution is -2.04. The summed E-state index contributed by atoms with van der Waals surface area (Å²) in [6, 6.07) is 10.0. The highest BCUT2D eigenvalue weighted by molar-refractivity contribution is 9.11. The van der Waals surface area contributed by atoms with Gasteiger partial charge < -0.3 is 9.67 Å². The largest absolute Gasteiger partial charge is 0.388 e. The lowest BCUT2D eigenvalue weighted by molar-refractivity contribution is 0.267. The van der Waals surface area contributed by atoms with Gasteiger partial charge in [-0.25, -0.2) is 4.98 Å². The molecule has 0 fully saturated rings. The fourth-order valence-electron chi connectivity index (χ4n) is 2.03. The zero-order valence-corrected chi connectivity index (χ0v) is 11.9. The van der Waals surface area contributed by atoms with E-state index in [0.29, 0.717) is 5.82 Å². The van der Waals surface area contributed by atoms with Crippen LogP contribution >= 0.6 is 27.3 Å². The van der Waals surface area contributed by atoms with Gasteiger partial charge in [-0.05, 0) is 45.1 Å². The number of rotatable bonds is 3. The molecule has 2 heterocycles. The van der Waals surface area contributed by atoms with Crippen LogP contribution in [0.15, 0.2) is 39.5 Å². The molecule has 0 spiro atoms.